The quantitative estimate of drug-likeness (QED) is 0.269. The first-order chi connectivity index (χ1) is 4.89. The van der Waals surface area contributed by atoms with Gasteiger partial charge < -0.3 is 38.4 Å². The number of amides is 1. The zero-order valence-electron chi connectivity index (χ0n) is 7.85. The Morgan fingerprint density at radius 3 is 1.57 bits per heavy atom. The summed E-state index contributed by atoms with van der Waals surface area (Å²) in [4.78, 5) is 31.7. The van der Waals surface area contributed by atoms with E-state index in [2.05, 4.69) is 5.32 Å². The summed E-state index contributed by atoms with van der Waals surface area (Å²) in [6.45, 7) is 0.888. The summed E-state index contributed by atoms with van der Waals surface area (Å²) in [7, 11) is -4.64. The molecule has 1 saturated heterocycles. The van der Waals surface area contributed by atoms with E-state index in [0.29, 0.717) is 0 Å². The average Bonchev–Trinajstić information content (AvgIpc) is 2.12. The van der Waals surface area contributed by atoms with Crippen LogP contribution < -0.4 is 23.8 Å². The van der Waals surface area contributed by atoms with Crippen LogP contribution in [0.25, 0.3) is 0 Å². The number of carbonyl (C=O) groups is 1. The molecule has 0 radical (unpaired) electrons. The molecule has 1 aliphatic heterocycles. The van der Waals surface area contributed by atoms with Gasteiger partial charge in [-0.25, -0.2) is 4.57 Å². The van der Waals surface area contributed by atoms with Crippen LogP contribution in [0.4, 0.5) is 0 Å². The molecule has 1 aliphatic rings. The Bertz CT molecular complexity index is 166. The second-order valence-electron chi connectivity index (χ2n) is 1.97. The Labute approximate surface area is 81.9 Å². The average molecular weight is 234 g/mol. The number of nitrogens with one attached hydrogen (secondary N) is 1. The minimum atomic E-state index is -4.64. The molecule has 0 unspecified atom stereocenters. The van der Waals surface area contributed by atoms with Crippen LogP contribution in [-0.2, 0) is 9.36 Å². The zero-order valence-corrected chi connectivity index (χ0v) is 8.74. The van der Waals surface area contributed by atoms with Crippen molar-refractivity contribution in [1.82, 2.24) is 23.8 Å². The first kappa shape index (κ1) is 23.4. The summed E-state index contributed by atoms with van der Waals surface area (Å²) in [5, 5.41) is 2.68. The first-order valence-electron chi connectivity index (χ1n) is 2.94. The van der Waals surface area contributed by atoms with E-state index in [1.54, 1.807) is 0 Å². The lowest BCUT2D eigenvalue weighted by Crippen LogP contribution is -2.12. The van der Waals surface area contributed by atoms with Gasteiger partial charge in [-0.3, -0.25) is 4.79 Å². The van der Waals surface area contributed by atoms with Crippen LogP contribution >= 0.6 is 7.82 Å². The van der Waals surface area contributed by atoms with Crippen LogP contribution in [0.1, 0.15) is 12.8 Å². The normalized spacial score (nSPS) is 13.2. The number of hydrogen-bond donors (Lipinski definition) is 7. The zero-order chi connectivity index (χ0) is 8.91. The highest BCUT2D eigenvalue weighted by Gasteiger charge is 2.05. The third-order valence-electron chi connectivity index (χ3n) is 0.903. The smallest absolute Gasteiger partial charge is 0.356 e. The molecule has 1 amide bonds. The van der Waals surface area contributed by atoms with Crippen molar-refractivity contribution >= 4 is 13.7 Å². The van der Waals surface area contributed by atoms with Crippen LogP contribution in [0.15, 0.2) is 0 Å². The fourth-order valence-corrected chi connectivity index (χ4v) is 0.565. The van der Waals surface area contributed by atoms with Crippen LogP contribution in [0.2, 0.25) is 0 Å². The van der Waals surface area contributed by atoms with Gasteiger partial charge in [0.2, 0.25) is 5.91 Å². The molecule has 0 aromatic carbocycles. The van der Waals surface area contributed by atoms with Crippen LogP contribution in [-0.4, -0.2) is 27.1 Å². The van der Waals surface area contributed by atoms with Gasteiger partial charge in [0.05, 0.1) is 0 Å². The van der Waals surface area contributed by atoms with E-state index in [9.17, 15) is 4.79 Å². The molecule has 0 bridgehead atoms. The van der Waals surface area contributed by atoms with E-state index >= 15 is 0 Å². The van der Waals surface area contributed by atoms with E-state index in [4.69, 9.17) is 19.2 Å². The van der Waals surface area contributed by atoms with E-state index < -0.39 is 7.82 Å². The molecule has 0 spiro atoms. The second-order valence-corrected chi connectivity index (χ2v) is 2.99. The SMILES string of the molecule is N.N.N.O=C1CCCN1.O=P(O)(O)O. The maximum absolute atomic E-state index is 10.1. The maximum atomic E-state index is 10.1. The Balaban J connectivity index is -0.0000000597. The summed E-state index contributed by atoms with van der Waals surface area (Å²) >= 11 is 0. The lowest BCUT2D eigenvalue weighted by molar-refractivity contribution is -0.119. The number of phosphoric acid groups is 1. The highest BCUT2D eigenvalue weighted by atomic mass is 31.2. The molecule has 0 aromatic heterocycles. The van der Waals surface area contributed by atoms with Crippen molar-refractivity contribution in [1.29, 1.82) is 0 Å². The maximum Gasteiger partial charge on any atom is 0.466 e. The first-order valence-corrected chi connectivity index (χ1v) is 4.51. The Kier molecular flexibility index (Phi) is 17.6. The van der Waals surface area contributed by atoms with Crippen LogP contribution in [0, 0.1) is 0 Å². The van der Waals surface area contributed by atoms with E-state index in [1.807, 2.05) is 0 Å². The minimum Gasteiger partial charge on any atom is -0.356 e. The highest BCUT2D eigenvalue weighted by Crippen LogP contribution is 2.25. The van der Waals surface area contributed by atoms with Gasteiger partial charge in [-0.2, -0.15) is 0 Å². The number of hydrogen-bond acceptors (Lipinski definition) is 5. The van der Waals surface area contributed by atoms with Crippen LogP contribution in [0.3, 0.4) is 0 Å². The van der Waals surface area contributed by atoms with Crippen molar-refractivity contribution in [3.05, 3.63) is 0 Å². The minimum absolute atomic E-state index is 0. The van der Waals surface area contributed by atoms with Gasteiger partial charge in [0.25, 0.3) is 0 Å². The monoisotopic (exact) mass is 234 g/mol. The number of rotatable bonds is 0. The van der Waals surface area contributed by atoms with Gasteiger partial charge >= 0.3 is 7.82 Å². The van der Waals surface area contributed by atoms with E-state index in [-0.39, 0.29) is 24.4 Å². The molecule has 0 atom stereocenters. The van der Waals surface area contributed by atoms with Crippen LogP contribution in [0.5, 0.6) is 0 Å². The van der Waals surface area contributed by atoms with Gasteiger partial charge in [0, 0.05) is 13.0 Å². The molecule has 0 aliphatic carbocycles. The van der Waals surface area contributed by atoms with E-state index in [1.165, 1.54) is 0 Å². The lowest BCUT2D eigenvalue weighted by atomic mass is 10.4. The van der Waals surface area contributed by atoms with Gasteiger partial charge in [-0.15, -0.1) is 0 Å². The molecule has 1 rings (SSSR count). The molecular formula is C4H19N4O5P. The van der Waals surface area contributed by atoms with E-state index in [0.717, 1.165) is 19.4 Å². The molecule has 9 nitrogen and oxygen atoms in total. The van der Waals surface area contributed by atoms with Gasteiger partial charge in [0.15, 0.2) is 0 Å². The second kappa shape index (κ2) is 10.5. The summed E-state index contributed by atoms with van der Waals surface area (Å²) in [5.74, 6) is 0.204. The fourth-order valence-electron chi connectivity index (χ4n) is 0.565. The van der Waals surface area contributed by atoms with Gasteiger partial charge in [-0.05, 0) is 6.42 Å². The highest BCUT2D eigenvalue weighted by molar-refractivity contribution is 7.45. The summed E-state index contributed by atoms with van der Waals surface area (Å²) < 4.78 is 8.88. The molecule has 10 heteroatoms. The molecule has 13 N–H and O–H groups in total. The predicted molar refractivity (Wildman–Crippen MR) is 51.6 cm³/mol. The van der Waals surface area contributed by atoms with Gasteiger partial charge in [-0.1, -0.05) is 0 Å². The van der Waals surface area contributed by atoms with Crippen molar-refractivity contribution in [2.45, 2.75) is 12.8 Å². The molecule has 0 aromatic rings. The fraction of sp³-hybridized carbons (Fsp3) is 0.750. The van der Waals surface area contributed by atoms with Gasteiger partial charge in [0.1, 0.15) is 0 Å². The third kappa shape index (κ3) is 30.0. The van der Waals surface area contributed by atoms with Crippen molar-refractivity contribution in [2.75, 3.05) is 6.54 Å². The summed E-state index contributed by atoms with van der Waals surface area (Å²) in [5.41, 5.74) is 0. The predicted octanol–water partition coefficient (Wildman–Crippen LogP) is -0.546. The van der Waals surface area contributed by atoms with Crippen molar-refractivity contribution in [2.24, 2.45) is 0 Å². The molecule has 1 fully saturated rings. The molecule has 0 saturated carbocycles. The largest absolute Gasteiger partial charge is 0.466 e. The van der Waals surface area contributed by atoms with Crippen molar-refractivity contribution in [3.63, 3.8) is 0 Å². The molecule has 1 heterocycles. The summed E-state index contributed by atoms with van der Waals surface area (Å²) in [6, 6.07) is 0. The molecule has 14 heavy (non-hydrogen) atoms. The lowest BCUT2D eigenvalue weighted by Gasteiger charge is -1.82. The topological polar surface area (TPSA) is 212 Å². The summed E-state index contributed by atoms with van der Waals surface area (Å²) in [6.07, 6.45) is 1.76. The third-order valence-corrected chi connectivity index (χ3v) is 0.903. The molecular weight excluding hydrogens is 215 g/mol. The molecule has 90 valence electrons. The van der Waals surface area contributed by atoms with Crippen molar-refractivity contribution < 1.29 is 24.0 Å². The standard InChI is InChI=1S/C4H7NO.3H3N.H3O4P/c6-4-2-1-3-5-4;;;;1-5(2,3)4/h1-3H2,(H,5,6);3*1H3;(H3,1,2,3,4). The van der Waals surface area contributed by atoms with Crippen molar-refractivity contribution in [3.8, 4) is 0 Å². The Morgan fingerprint density at radius 1 is 1.14 bits per heavy atom. The number of carbonyl (C=O) groups excluding carboxylic acids is 1. The Morgan fingerprint density at radius 2 is 1.50 bits per heavy atom. The Hall–Kier alpha value is -0.540.